The van der Waals surface area contributed by atoms with Crippen molar-refractivity contribution in [3.8, 4) is 0 Å². The number of hydrogen-bond donors (Lipinski definition) is 2. The number of carboxylic acids is 1. The number of likely N-dealkylation sites (tertiary alicyclic amines) is 1. The van der Waals surface area contributed by atoms with Crippen molar-refractivity contribution in [1.29, 1.82) is 0 Å². The van der Waals surface area contributed by atoms with E-state index in [4.69, 9.17) is 5.11 Å². The zero-order valence-electron chi connectivity index (χ0n) is 10.1. The van der Waals surface area contributed by atoms with Gasteiger partial charge in [-0.2, -0.15) is 0 Å². The van der Waals surface area contributed by atoms with E-state index in [0.717, 1.165) is 0 Å². The van der Waals surface area contributed by atoms with Gasteiger partial charge in [0.05, 0.1) is 11.2 Å². The minimum atomic E-state index is -1.02. The molecule has 2 rings (SSSR count). The summed E-state index contributed by atoms with van der Waals surface area (Å²) in [7, 11) is 0. The molecule has 1 atom stereocenters. The number of β-amino-alcohol motifs (C(OH)–C–C–N with tert-alkyl or cyclic N) is 1. The molecule has 1 heterocycles. The molecule has 1 amide bonds. The summed E-state index contributed by atoms with van der Waals surface area (Å²) in [6.07, 6.45) is 0.561. The third kappa shape index (κ3) is 2.51. The van der Waals surface area contributed by atoms with Crippen molar-refractivity contribution in [2.24, 2.45) is 0 Å². The number of amides is 1. The maximum Gasteiger partial charge on any atom is 0.335 e. The Bertz CT molecular complexity index is 478. The van der Waals surface area contributed by atoms with Crippen LogP contribution in [0.3, 0.4) is 0 Å². The molecular weight excluding hydrogens is 234 g/mol. The Morgan fingerprint density at radius 1 is 1.22 bits per heavy atom. The summed E-state index contributed by atoms with van der Waals surface area (Å²) >= 11 is 0. The standard InChI is InChI=1S/C13H15NO4/c1-13(18)6-7-14(8-13)11(15)9-2-4-10(5-3-9)12(16)17/h2-5,18H,6-8H2,1H3,(H,16,17). The van der Waals surface area contributed by atoms with E-state index in [9.17, 15) is 14.7 Å². The monoisotopic (exact) mass is 249 g/mol. The zero-order valence-corrected chi connectivity index (χ0v) is 10.1. The molecule has 0 saturated carbocycles. The van der Waals surface area contributed by atoms with Crippen LogP contribution in [0.4, 0.5) is 0 Å². The van der Waals surface area contributed by atoms with E-state index in [1.54, 1.807) is 11.8 Å². The van der Waals surface area contributed by atoms with Gasteiger partial charge in [0.2, 0.25) is 0 Å². The van der Waals surface area contributed by atoms with Gasteiger partial charge in [-0.1, -0.05) is 0 Å². The lowest BCUT2D eigenvalue weighted by atomic mass is 10.1. The first-order valence-corrected chi connectivity index (χ1v) is 5.74. The molecule has 5 heteroatoms. The molecule has 1 aromatic rings. The Morgan fingerprint density at radius 3 is 2.22 bits per heavy atom. The molecular formula is C13H15NO4. The average molecular weight is 249 g/mol. The van der Waals surface area contributed by atoms with Gasteiger partial charge in [-0.25, -0.2) is 4.79 Å². The molecule has 2 N–H and O–H groups in total. The second kappa shape index (κ2) is 4.42. The zero-order chi connectivity index (χ0) is 13.3. The fourth-order valence-electron chi connectivity index (χ4n) is 2.06. The van der Waals surface area contributed by atoms with Crippen LogP contribution >= 0.6 is 0 Å². The largest absolute Gasteiger partial charge is 0.478 e. The van der Waals surface area contributed by atoms with Crippen molar-refractivity contribution in [3.05, 3.63) is 35.4 Å². The number of nitrogens with zero attached hydrogens (tertiary/aromatic N) is 1. The Kier molecular flexibility index (Phi) is 3.09. The van der Waals surface area contributed by atoms with Gasteiger partial charge in [0, 0.05) is 18.7 Å². The van der Waals surface area contributed by atoms with E-state index < -0.39 is 11.6 Å². The molecule has 0 bridgehead atoms. The van der Waals surface area contributed by atoms with E-state index in [1.165, 1.54) is 24.3 Å². The van der Waals surface area contributed by atoms with Gasteiger partial charge in [-0.15, -0.1) is 0 Å². The third-order valence-electron chi connectivity index (χ3n) is 3.12. The minimum absolute atomic E-state index is 0.153. The van der Waals surface area contributed by atoms with E-state index in [0.29, 0.717) is 25.1 Å². The number of rotatable bonds is 2. The second-order valence-electron chi connectivity index (χ2n) is 4.86. The molecule has 0 radical (unpaired) electrons. The highest BCUT2D eigenvalue weighted by molar-refractivity contribution is 5.96. The SMILES string of the molecule is CC1(O)CCN(C(=O)c2ccc(C(=O)O)cc2)C1. The fraction of sp³-hybridized carbons (Fsp3) is 0.385. The average Bonchev–Trinajstić information content (AvgIpc) is 2.69. The van der Waals surface area contributed by atoms with Crippen LogP contribution in [0.5, 0.6) is 0 Å². The molecule has 1 saturated heterocycles. The van der Waals surface area contributed by atoms with Crippen LogP contribution in [0.2, 0.25) is 0 Å². The van der Waals surface area contributed by atoms with E-state index in [1.807, 2.05) is 0 Å². The van der Waals surface area contributed by atoms with Crippen molar-refractivity contribution in [2.75, 3.05) is 13.1 Å². The Morgan fingerprint density at radius 2 is 1.78 bits per heavy atom. The number of carbonyl (C=O) groups is 2. The molecule has 1 aliphatic heterocycles. The van der Waals surface area contributed by atoms with Crippen LogP contribution < -0.4 is 0 Å². The highest BCUT2D eigenvalue weighted by Gasteiger charge is 2.34. The van der Waals surface area contributed by atoms with Crippen molar-refractivity contribution in [3.63, 3.8) is 0 Å². The number of carbonyl (C=O) groups excluding carboxylic acids is 1. The van der Waals surface area contributed by atoms with Gasteiger partial charge in [0.1, 0.15) is 0 Å². The van der Waals surface area contributed by atoms with E-state index >= 15 is 0 Å². The van der Waals surface area contributed by atoms with Gasteiger partial charge in [-0.05, 0) is 37.6 Å². The van der Waals surface area contributed by atoms with Gasteiger partial charge in [0.15, 0.2) is 0 Å². The number of hydrogen-bond acceptors (Lipinski definition) is 3. The van der Waals surface area contributed by atoms with Gasteiger partial charge in [-0.3, -0.25) is 4.79 Å². The molecule has 5 nitrogen and oxygen atoms in total. The van der Waals surface area contributed by atoms with Crippen LogP contribution in [0.1, 0.15) is 34.1 Å². The molecule has 0 aliphatic carbocycles. The van der Waals surface area contributed by atoms with Crippen LogP contribution in [0.25, 0.3) is 0 Å². The molecule has 96 valence electrons. The van der Waals surface area contributed by atoms with Gasteiger partial charge in [0.25, 0.3) is 5.91 Å². The number of carboxylic acid groups (broad SMARTS) is 1. The first-order chi connectivity index (χ1) is 8.39. The van der Waals surface area contributed by atoms with Crippen LogP contribution in [0, 0.1) is 0 Å². The van der Waals surface area contributed by atoms with Crippen LogP contribution in [-0.2, 0) is 0 Å². The number of aromatic carboxylic acids is 1. The van der Waals surface area contributed by atoms with Crippen LogP contribution in [0.15, 0.2) is 24.3 Å². The first kappa shape index (κ1) is 12.6. The lowest BCUT2D eigenvalue weighted by molar-refractivity contribution is 0.0572. The fourth-order valence-corrected chi connectivity index (χ4v) is 2.06. The lowest BCUT2D eigenvalue weighted by Crippen LogP contribution is -2.33. The summed E-state index contributed by atoms with van der Waals surface area (Å²) in [5.41, 5.74) is -0.228. The van der Waals surface area contributed by atoms with Crippen LogP contribution in [-0.4, -0.2) is 45.7 Å². The molecule has 1 aromatic carbocycles. The maximum absolute atomic E-state index is 12.1. The summed E-state index contributed by atoms with van der Waals surface area (Å²) in [5, 5.41) is 18.6. The molecule has 1 unspecified atom stereocenters. The summed E-state index contributed by atoms with van der Waals surface area (Å²) in [6, 6.07) is 5.81. The summed E-state index contributed by atoms with van der Waals surface area (Å²) in [4.78, 5) is 24.4. The molecule has 1 fully saturated rings. The quantitative estimate of drug-likeness (QED) is 0.819. The second-order valence-corrected chi connectivity index (χ2v) is 4.86. The van der Waals surface area contributed by atoms with E-state index in [-0.39, 0.29) is 11.5 Å². The predicted octanol–water partition coefficient (Wildman–Crippen LogP) is 0.982. The molecule has 1 aliphatic rings. The van der Waals surface area contributed by atoms with Crippen molar-refractivity contribution >= 4 is 11.9 Å². The number of benzene rings is 1. The summed E-state index contributed by atoms with van der Waals surface area (Å²) in [6.45, 7) is 2.53. The highest BCUT2D eigenvalue weighted by Crippen LogP contribution is 2.22. The normalized spacial score (nSPS) is 23.1. The molecule has 0 spiro atoms. The lowest BCUT2D eigenvalue weighted by Gasteiger charge is -2.19. The maximum atomic E-state index is 12.1. The smallest absolute Gasteiger partial charge is 0.335 e. The van der Waals surface area contributed by atoms with E-state index in [2.05, 4.69) is 0 Å². The minimum Gasteiger partial charge on any atom is -0.478 e. The third-order valence-corrected chi connectivity index (χ3v) is 3.12. The molecule has 18 heavy (non-hydrogen) atoms. The first-order valence-electron chi connectivity index (χ1n) is 5.74. The predicted molar refractivity (Wildman–Crippen MR) is 64.5 cm³/mol. The number of aliphatic hydroxyl groups is 1. The summed E-state index contributed by atoms with van der Waals surface area (Å²) < 4.78 is 0. The Hall–Kier alpha value is -1.88. The Balaban J connectivity index is 2.12. The van der Waals surface area contributed by atoms with Crippen molar-refractivity contribution < 1.29 is 19.8 Å². The summed E-state index contributed by atoms with van der Waals surface area (Å²) in [5.74, 6) is -1.19. The Labute approximate surface area is 105 Å². The topological polar surface area (TPSA) is 77.8 Å². The highest BCUT2D eigenvalue weighted by atomic mass is 16.4. The van der Waals surface area contributed by atoms with Gasteiger partial charge < -0.3 is 15.1 Å². The van der Waals surface area contributed by atoms with Crippen molar-refractivity contribution in [1.82, 2.24) is 4.90 Å². The van der Waals surface area contributed by atoms with Gasteiger partial charge >= 0.3 is 5.97 Å². The van der Waals surface area contributed by atoms with Crippen molar-refractivity contribution in [2.45, 2.75) is 18.9 Å². The molecule has 0 aromatic heterocycles.